The van der Waals surface area contributed by atoms with E-state index in [0.29, 0.717) is 19.4 Å². The fourth-order valence-electron chi connectivity index (χ4n) is 2.98. The van der Waals surface area contributed by atoms with E-state index in [-0.39, 0.29) is 17.7 Å². The Bertz CT molecular complexity index is 534. The number of nitrogens with zero attached hydrogens (tertiary/aromatic N) is 1. The zero-order chi connectivity index (χ0) is 19.9. The second-order valence-electron chi connectivity index (χ2n) is 7.31. The van der Waals surface area contributed by atoms with Gasteiger partial charge in [0.2, 0.25) is 11.8 Å². The average Bonchev–Trinajstić information content (AvgIpc) is 2.69. The molecular weight excluding hydrogens is 338 g/mol. The van der Waals surface area contributed by atoms with Crippen LogP contribution in [0.3, 0.4) is 0 Å². The van der Waals surface area contributed by atoms with Crippen LogP contribution < -0.4 is 10.6 Å². The molecule has 5 heteroatoms. The van der Waals surface area contributed by atoms with Gasteiger partial charge in [-0.25, -0.2) is 0 Å². The molecule has 1 aromatic rings. The van der Waals surface area contributed by atoms with E-state index in [4.69, 9.17) is 0 Å². The number of hydrogen-bond acceptors (Lipinski definition) is 3. The van der Waals surface area contributed by atoms with Crippen LogP contribution in [0.2, 0.25) is 0 Å². The summed E-state index contributed by atoms with van der Waals surface area (Å²) in [5.74, 6) is -0.0133. The predicted octanol–water partition coefficient (Wildman–Crippen LogP) is 4.02. The van der Waals surface area contributed by atoms with Crippen molar-refractivity contribution >= 4 is 11.8 Å². The molecule has 0 aliphatic rings. The van der Waals surface area contributed by atoms with Gasteiger partial charge in [0.05, 0.1) is 0 Å². The molecule has 27 heavy (non-hydrogen) atoms. The van der Waals surface area contributed by atoms with Gasteiger partial charge in [0.1, 0.15) is 6.04 Å². The minimum atomic E-state index is -0.466. The summed E-state index contributed by atoms with van der Waals surface area (Å²) in [7, 11) is 0. The van der Waals surface area contributed by atoms with Crippen LogP contribution in [0.1, 0.15) is 77.8 Å². The Hall–Kier alpha value is -1.91. The Morgan fingerprint density at radius 3 is 2.48 bits per heavy atom. The maximum atomic E-state index is 12.6. The highest BCUT2D eigenvalue weighted by atomic mass is 16.2. The highest BCUT2D eigenvalue weighted by Crippen LogP contribution is 2.10. The molecule has 0 radical (unpaired) electrons. The van der Waals surface area contributed by atoms with Crippen LogP contribution in [0.4, 0.5) is 0 Å². The van der Waals surface area contributed by atoms with Crippen molar-refractivity contribution in [2.75, 3.05) is 6.54 Å². The van der Waals surface area contributed by atoms with Gasteiger partial charge < -0.3 is 10.6 Å². The van der Waals surface area contributed by atoms with Gasteiger partial charge in [-0.15, -0.1) is 0 Å². The van der Waals surface area contributed by atoms with Gasteiger partial charge in [-0.2, -0.15) is 0 Å². The van der Waals surface area contributed by atoms with E-state index < -0.39 is 6.04 Å². The molecule has 1 rings (SSSR count). The molecule has 0 aliphatic carbocycles. The number of rotatable bonds is 14. The summed E-state index contributed by atoms with van der Waals surface area (Å²) in [4.78, 5) is 29.1. The monoisotopic (exact) mass is 375 g/mol. The van der Waals surface area contributed by atoms with Crippen LogP contribution in [-0.4, -0.2) is 29.4 Å². The number of carbonyl (C=O) groups is 2. The minimum Gasteiger partial charge on any atom is -0.354 e. The molecule has 0 saturated heterocycles. The summed E-state index contributed by atoms with van der Waals surface area (Å²) in [5.41, 5.74) is 0.949. The summed E-state index contributed by atoms with van der Waals surface area (Å²) in [6.07, 6.45) is 10.7. The van der Waals surface area contributed by atoms with Crippen LogP contribution in [-0.2, 0) is 16.0 Å². The molecule has 0 bridgehead atoms. The fraction of sp³-hybridized carbons (Fsp3) is 0.682. The maximum absolute atomic E-state index is 12.6. The van der Waals surface area contributed by atoms with Gasteiger partial charge in [-0.05, 0) is 24.5 Å². The molecule has 2 unspecified atom stereocenters. The molecule has 0 aliphatic heterocycles. The SMILES string of the molecule is CCCCCCCCC(=O)NC(C(=O)NCCc1ccccn1)C(C)CC. The minimum absolute atomic E-state index is 0.0179. The van der Waals surface area contributed by atoms with Crippen molar-refractivity contribution in [1.82, 2.24) is 15.6 Å². The van der Waals surface area contributed by atoms with Crippen molar-refractivity contribution in [2.24, 2.45) is 5.92 Å². The number of amides is 2. The zero-order valence-electron chi connectivity index (χ0n) is 17.3. The van der Waals surface area contributed by atoms with Crippen molar-refractivity contribution in [3.63, 3.8) is 0 Å². The van der Waals surface area contributed by atoms with Crippen molar-refractivity contribution in [1.29, 1.82) is 0 Å². The van der Waals surface area contributed by atoms with Crippen molar-refractivity contribution in [3.8, 4) is 0 Å². The molecule has 0 aromatic carbocycles. The Labute approximate surface area is 164 Å². The van der Waals surface area contributed by atoms with Crippen LogP contribution >= 0.6 is 0 Å². The number of nitrogens with one attached hydrogen (secondary N) is 2. The topological polar surface area (TPSA) is 71.1 Å². The molecule has 0 saturated carbocycles. The Kier molecular flexibility index (Phi) is 12.2. The second-order valence-corrected chi connectivity index (χ2v) is 7.31. The van der Waals surface area contributed by atoms with E-state index in [1.54, 1.807) is 6.20 Å². The maximum Gasteiger partial charge on any atom is 0.242 e. The first kappa shape index (κ1) is 23.1. The molecule has 0 spiro atoms. The number of carbonyl (C=O) groups excluding carboxylic acids is 2. The quantitative estimate of drug-likeness (QED) is 0.482. The third-order valence-corrected chi connectivity index (χ3v) is 4.98. The number of hydrogen-bond donors (Lipinski definition) is 2. The third kappa shape index (κ3) is 10.1. The molecule has 2 atom stereocenters. The average molecular weight is 376 g/mol. The van der Waals surface area contributed by atoms with Crippen molar-refractivity contribution < 1.29 is 9.59 Å². The zero-order valence-corrected chi connectivity index (χ0v) is 17.3. The van der Waals surface area contributed by atoms with Crippen LogP contribution in [0.15, 0.2) is 24.4 Å². The van der Waals surface area contributed by atoms with Gasteiger partial charge in [0, 0.05) is 31.3 Å². The first-order valence-electron chi connectivity index (χ1n) is 10.5. The Balaban J connectivity index is 2.37. The molecule has 0 fully saturated rings. The molecular formula is C22H37N3O2. The Morgan fingerprint density at radius 1 is 1.07 bits per heavy atom. The highest BCUT2D eigenvalue weighted by Gasteiger charge is 2.25. The second kappa shape index (κ2) is 14.2. The van der Waals surface area contributed by atoms with E-state index in [1.807, 2.05) is 32.0 Å². The molecule has 1 heterocycles. The van der Waals surface area contributed by atoms with E-state index in [9.17, 15) is 9.59 Å². The summed E-state index contributed by atoms with van der Waals surface area (Å²) >= 11 is 0. The molecule has 1 aromatic heterocycles. The molecule has 2 N–H and O–H groups in total. The fourth-order valence-corrected chi connectivity index (χ4v) is 2.98. The van der Waals surface area contributed by atoms with Crippen LogP contribution in [0, 0.1) is 5.92 Å². The lowest BCUT2D eigenvalue weighted by molar-refractivity contribution is -0.130. The largest absolute Gasteiger partial charge is 0.354 e. The first-order valence-corrected chi connectivity index (χ1v) is 10.5. The standard InChI is InChI=1S/C22H37N3O2/c1-4-6-7-8-9-10-14-20(26)25-21(18(3)5-2)22(27)24-17-15-19-13-11-12-16-23-19/h11-13,16,18,21H,4-10,14-15,17H2,1-3H3,(H,24,27)(H,25,26). The van der Waals surface area contributed by atoms with E-state index in [1.165, 1.54) is 25.7 Å². The van der Waals surface area contributed by atoms with Crippen molar-refractivity contribution in [3.05, 3.63) is 30.1 Å². The summed E-state index contributed by atoms with van der Waals surface area (Å²) in [6, 6.07) is 5.29. The lowest BCUT2D eigenvalue weighted by Gasteiger charge is -2.23. The predicted molar refractivity (Wildman–Crippen MR) is 110 cm³/mol. The lowest BCUT2D eigenvalue weighted by Crippen LogP contribution is -2.50. The summed E-state index contributed by atoms with van der Waals surface area (Å²) in [5, 5.41) is 5.90. The van der Waals surface area contributed by atoms with E-state index in [2.05, 4.69) is 22.5 Å². The smallest absolute Gasteiger partial charge is 0.242 e. The normalized spacial score (nSPS) is 13.0. The molecule has 2 amide bonds. The lowest BCUT2D eigenvalue weighted by atomic mass is 9.98. The van der Waals surface area contributed by atoms with Gasteiger partial charge in [-0.1, -0.05) is 65.4 Å². The summed E-state index contributed by atoms with van der Waals surface area (Å²) < 4.78 is 0. The van der Waals surface area contributed by atoms with E-state index in [0.717, 1.165) is 25.0 Å². The van der Waals surface area contributed by atoms with Crippen LogP contribution in [0.5, 0.6) is 0 Å². The van der Waals surface area contributed by atoms with Gasteiger partial charge in [0.25, 0.3) is 0 Å². The van der Waals surface area contributed by atoms with Gasteiger partial charge >= 0.3 is 0 Å². The number of pyridine rings is 1. The van der Waals surface area contributed by atoms with Crippen LogP contribution in [0.25, 0.3) is 0 Å². The first-order chi connectivity index (χ1) is 13.1. The number of aromatic nitrogens is 1. The number of unbranched alkanes of at least 4 members (excludes halogenated alkanes) is 5. The molecule has 5 nitrogen and oxygen atoms in total. The van der Waals surface area contributed by atoms with Gasteiger partial charge in [0.15, 0.2) is 0 Å². The van der Waals surface area contributed by atoms with E-state index >= 15 is 0 Å². The molecule has 152 valence electrons. The Morgan fingerprint density at radius 2 is 1.81 bits per heavy atom. The summed E-state index contributed by atoms with van der Waals surface area (Å²) in [6.45, 7) is 6.77. The highest BCUT2D eigenvalue weighted by molar-refractivity contribution is 5.87. The van der Waals surface area contributed by atoms with Crippen molar-refractivity contribution in [2.45, 2.75) is 84.6 Å². The van der Waals surface area contributed by atoms with Gasteiger partial charge in [-0.3, -0.25) is 14.6 Å². The third-order valence-electron chi connectivity index (χ3n) is 4.98.